The molecule has 112 valence electrons. The Bertz CT molecular complexity index is 614. The fraction of sp³-hybridized carbons (Fsp3) is 0.471. The van der Waals surface area contributed by atoms with Gasteiger partial charge >= 0.3 is 0 Å². The van der Waals surface area contributed by atoms with E-state index < -0.39 is 0 Å². The van der Waals surface area contributed by atoms with Crippen LogP contribution in [0.15, 0.2) is 30.5 Å². The minimum atomic E-state index is 0.747. The van der Waals surface area contributed by atoms with Gasteiger partial charge in [0.25, 0.3) is 0 Å². The van der Waals surface area contributed by atoms with Crippen LogP contribution in [0.1, 0.15) is 19.8 Å². The lowest BCUT2D eigenvalue weighted by Crippen LogP contribution is -2.31. The molecule has 0 unspecified atom stereocenters. The maximum atomic E-state index is 6.08. The lowest BCUT2D eigenvalue weighted by Gasteiger charge is -2.24. The number of hydrogen-bond acceptors (Lipinski definition) is 3. The van der Waals surface area contributed by atoms with Crippen molar-refractivity contribution in [2.24, 2.45) is 0 Å². The van der Waals surface area contributed by atoms with Crippen molar-refractivity contribution in [2.45, 2.75) is 19.8 Å². The van der Waals surface area contributed by atoms with Gasteiger partial charge in [0.05, 0.1) is 5.52 Å². The SMILES string of the molecule is CCCN1CCCN(c2ccnc3cc(Cl)ccc23)CC1. The molecule has 1 aliphatic rings. The summed E-state index contributed by atoms with van der Waals surface area (Å²) in [6, 6.07) is 8.12. The van der Waals surface area contributed by atoms with E-state index in [-0.39, 0.29) is 0 Å². The van der Waals surface area contributed by atoms with Gasteiger partial charge in [-0.1, -0.05) is 18.5 Å². The van der Waals surface area contributed by atoms with Crippen LogP contribution in [0.2, 0.25) is 5.02 Å². The molecular formula is C17H22ClN3. The van der Waals surface area contributed by atoms with Gasteiger partial charge < -0.3 is 9.80 Å². The van der Waals surface area contributed by atoms with Gasteiger partial charge in [-0.3, -0.25) is 4.98 Å². The second-order valence-corrected chi connectivity index (χ2v) is 6.11. The zero-order valence-corrected chi connectivity index (χ0v) is 13.3. The highest BCUT2D eigenvalue weighted by molar-refractivity contribution is 6.31. The molecule has 0 radical (unpaired) electrons. The maximum absolute atomic E-state index is 6.08. The van der Waals surface area contributed by atoms with E-state index in [2.05, 4.69) is 33.8 Å². The van der Waals surface area contributed by atoms with Crippen LogP contribution in [0.5, 0.6) is 0 Å². The summed E-state index contributed by atoms with van der Waals surface area (Å²) in [6.45, 7) is 8.01. The van der Waals surface area contributed by atoms with E-state index in [4.69, 9.17) is 11.6 Å². The first-order valence-electron chi connectivity index (χ1n) is 7.79. The monoisotopic (exact) mass is 303 g/mol. The van der Waals surface area contributed by atoms with Crippen LogP contribution < -0.4 is 4.90 Å². The van der Waals surface area contributed by atoms with Gasteiger partial charge in [0.1, 0.15) is 0 Å². The number of nitrogens with zero attached hydrogens (tertiary/aromatic N) is 3. The Morgan fingerprint density at radius 3 is 2.90 bits per heavy atom. The lowest BCUT2D eigenvalue weighted by molar-refractivity contribution is 0.294. The molecule has 0 bridgehead atoms. The Hall–Kier alpha value is -1.32. The van der Waals surface area contributed by atoms with Crippen LogP contribution in [0, 0.1) is 0 Å². The zero-order valence-electron chi connectivity index (χ0n) is 12.6. The van der Waals surface area contributed by atoms with Crippen molar-refractivity contribution < 1.29 is 0 Å². The summed E-state index contributed by atoms with van der Waals surface area (Å²) in [5, 5.41) is 1.95. The number of rotatable bonds is 3. The quantitative estimate of drug-likeness (QED) is 0.859. The predicted octanol–water partition coefficient (Wildman–Crippen LogP) is 3.81. The van der Waals surface area contributed by atoms with E-state index in [1.807, 2.05) is 18.3 Å². The van der Waals surface area contributed by atoms with Gasteiger partial charge in [0.2, 0.25) is 0 Å². The summed E-state index contributed by atoms with van der Waals surface area (Å²) in [5.41, 5.74) is 2.27. The molecule has 1 aromatic carbocycles. The second kappa shape index (κ2) is 6.63. The van der Waals surface area contributed by atoms with Crippen molar-refractivity contribution in [3.05, 3.63) is 35.5 Å². The van der Waals surface area contributed by atoms with Gasteiger partial charge in [0.15, 0.2) is 0 Å². The number of aromatic nitrogens is 1. The summed E-state index contributed by atoms with van der Waals surface area (Å²) in [7, 11) is 0. The highest BCUT2D eigenvalue weighted by Crippen LogP contribution is 2.28. The van der Waals surface area contributed by atoms with Crippen molar-refractivity contribution in [2.75, 3.05) is 37.6 Å². The molecule has 21 heavy (non-hydrogen) atoms. The second-order valence-electron chi connectivity index (χ2n) is 5.67. The first kappa shape index (κ1) is 14.6. The molecule has 0 spiro atoms. The molecular weight excluding hydrogens is 282 g/mol. The normalized spacial score (nSPS) is 17.1. The molecule has 3 nitrogen and oxygen atoms in total. The molecule has 2 heterocycles. The van der Waals surface area contributed by atoms with Gasteiger partial charge in [-0.25, -0.2) is 0 Å². The number of pyridine rings is 1. The predicted molar refractivity (Wildman–Crippen MR) is 90.3 cm³/mol. The Labute approximate surface area is 131 Å². The number of benzene rings is 1. The van der Waals surface area contributed by atoms with E-state index >= 15 is 0 Å². The molecule has 1 fully saturated rings. The van der Waals surface area contributed by atoms with E-state index in [9.17, 15) is 0 Å². The third kappa shape index (κ3) is 3.30. The van der Waals surface area contributed by atoms with Crippen molar-refractivity contribution in [1.29, 1.82) is 0 Å². The number of hydrogen-bond donors (Lipinski definition) is 0. The zero-order chi connectivity index (χ0) is 14.7. The minimum absolute atomic E-state index is 0.747. The van der Waals surface area contributed by atoms with Crippen molar-refractivity contribution in [1.82, 2.24) is 9.88 Å². The molecule has 1 saturated heterocycles. The molecule has 0 atom stereocenters. The van der Waals surface area contributed by atoms with Crippen LogP contribution in [0.25, 0.3) is 10.9 Å². The van der Waals surface area contributed by atoms with Crippen LogP contribution in [0.4, 0.5) is 5.69 Å². The Balaban J connectivity index is 1.86. The van der Waals surface area contributed by atoms with Gasteiger partial charge in [0, 0.05) is 41.9 Å². The average Bonchev–Trinajstić information content (AvgIpc) is 2.72. The molecule has 1 aliphatic heterocycles. The third-order valence-corrected chi connectivity index (χ3v) is 4.39. The average molecular weight is 304 g/mol. The smallest absolute Gasteiger partial charge is 0.0737 e. The Morgan fingerprint density at radius 1 is 1.14 bits per heavy atom. The first-order valence-corrected chi connectivity index (χ1v) is 8.17. The van der Waals surface area contributed by atoms with E-state index in [0.717, 1.165) is 30.2 Å². The summed E-state index contributed by atoms with van der Waals surface area (Å²) >= 11 is 6.08. The van der Waals surface area contributed by atoms with Crippen molar-refractivity contribution in [3.8, 4) is 0 Å². The molecule has 0 N–H and O–H groups in total. The summed E-state index contributed by atoms with van der Waals surface area (Å²) in [6.07, 6.45) is 4.34. The minimum Gasteiger partial charge on any atom is -0.370 e. The molecule has 4 heteroatoms. The third-order valence-electron chi connectivity index (χ3n) is 4.15. The number of halogens is 1. The number of fused-ring (bicyclic) bond motifs is 1. The topological polar surface area (TPSA) is 19.4 Å². The molecule has 3 rings (SSSR count). The first-order chi connectivity index (χ1) is 10.3. The van der Waals surface area contributed by atoms with Gasteiger partial charge in [-0.15, -0.1) is 0 Å². The van der Waals surface area contributed by atoms with Crippen LogP contribution in [-0.2, 0) is 0 Å². The van der Waals surface area contributed by atoms with Crippen LogP contribution >= 0.6 is 11.6 Å². The van der Waals surface area contributed by atoms with Crippen LogP contribution in [-0.4, -0.2) is 42.6 Å². The fourth-order valence-corrected chi connectivity index (χ4v) is 3.30. The largest absolute Gasteiger partial charge is 0.370 e. The molecule has 0 saturated carbocycles. The standard InChI is InChI=1S/C17H22ClN3/c1-2-8-20-9-3-10-21(12-11-20)17-6-7-19-16-13-14(18)4-5-15(16)17/h4-7,13H,2-3,8-12H2,1H3. The van der Waals surface area contributed by atoms with Gasteiger partial charge in [-0.05, 0) is 50.2 Å². The van der Waals surface area contributed by atoms with Gasteiger partial charge in [-0.2, -0.15) is 0 Å². The lowest BCUT2D eigenvalue weighted by atomic mass is 10.1. The highest BCUT2D eigenvalue weighted by atomic mass is 35.5. The highest BCUT2D eigenvalue weighted by Gasteiger charge is 2.16. The summed E-state index contributed by atoms with van der Waals surface area (Å²) in [4.78, 5) is 9.51. The fourth-order valence-electron chi connectivity index (χ4n) is 3.13. The summed E-state index contributed by atoms with van der Waals surface area (Å²) in [5.74, 6) is 0. The van der Waals surface area contributed by atoms with Crippen molar-refractivity contribution in [3.63, 3.8) is 0 Å². The maximum Gasteiger partial charge on any atom is 0.0737 e. The Morgan fingerprint density at radius 2 is 2.05 bits per heavy atom. The molecule has 0 aliphatic carbocycles. The van der Waals surface area contributed by atoms with E-state index in [1.54, 1.807) is 0 Å². The summed E-state index contributed by atoms with van der Waals surface area (Å²) < 4.78 is 0. The molecule has 0 amide bonds. The Kier molecular flexibility index (Phi) is 4.61. The van der Waals surface area contributed by atoms with Crippen molar-refractivity contribution >= 4 is 28.2 Å². The molecule has 1 aromatic heterocycles. The number of anilines is 1. The molecule has 2 aromatic rings. The van der Waals surface area contributed by atoms with E-state index in [1.165, 1.54) is 37.0 Å². The van der Waals surface area contributed by atoms with Crippen LogP contribution in [0.3, 0.4) is 0 Å². The van der Waals surface area contributed by atoms with E-state index in [0.29, 0.717) is 0 Å².